The molecule has 0 radical (unpaired) electrons. The van der Waals surface area contributed by atoms with Crippen molar-refractivity contribution in [2.24, 2.45) is 0 Å². The molecule has 0 saturated heterocycles. The molecule has 8 nitrogen and oxygen atoms in total. The number of ether oxygens (including phenoxy) is 4. The molecule has 0 amide bonds. The molecular weight excluding hydrogens is 388 g/mol. The van der Waals surface area contributed by atoms with Gasteiger partial charge >= 0.3 is 5.97 Å². The van der Waals surface area contributed by atoms with Gasteiger partial charge in [0.15, 0.2) is 18.1 Å². The van der Waals surface area contributed by atoms with Gasteiger partial charge in [0.2, 0.25) is 11.6 Å². The Bertz CT molecular complexity index is 1020. The minimum Gasteiger partial charge on any atom is -0.493 e. The van der Waals surface area contributed by atoms with E-state index in [4.69, 9.17) is 23.4 Å². The SMILES string of the molecule is COc1cc(-c2nnc(COC(=O)/C=C/c3ccc(C)cc3)o2)cc(OC)c1OC. The molecule has 8 heteroatoms. The van der Waals surface area contributed by atoms with Crippen molar-refractivity contribution in [2.75, 3.05) is 21.3 Å². The van der Waals surface area contributed by atoms with Crippen LogP contribution in [0, 0.1) is 6.92 Å². The molecule has 2 aromatic carbocycles. The summed E-state index contributed by atoms with van der Waals surface area (Å²) in [6, 6.07) is 11.1. The van der Waals surface area contributed by atoms with Crippen molar-refractivity contribution in [3.05, 3.63) is 59.5 Å². The number of rotatable bonds is 8. The standard InChI is InChI=1S/C22H22N2O6/c1-14-5-7-15(8-6-14)9-10-20(25)29-13-19-23-24-22(30-19)16-11-17(26-2)21(28-4)18(12-16)27-3/h5-12H,13H2,1-4H3/b10-9+. The summed E-state index contributed by atoms with van der Waals surface area (Å²) in [7, 11) is 4.56. The number of carbonyl (C=O) groups is 1. The molecule has 0 bridgehead atoms. The maximum Gasteiger partial charge on any atom is 0.331 e. The first kappa shape index (κ1) is 20.9. The van der Waals surface area contributed by atoms with Crippen molar-refractivity contribution < 1.29 is 28.2 Å². The van der Waals surface area contributed by atoms with Crippen LogP contribution in [0.25, 0.3) is 17.5 Å². The second kappa shape index (κ2) is 9.60. The van der Waals surface area contributed by atoms with Gasteiger partial charge in [-0.05, 0) is 30.7 Å². The fraction of sp³-hybridized carbons (Fsp3) is 0.227. The van der Waals surface area contributed by atoms with E-state index in [0.717, 1.165) is 11.1 Å². The lowest BCUT2D eigenvalue weighted by molar-refractivity contribution is -0.139. The van der Waals surface area contributed by atoms with Crippen LogP contribution < -0.4 is 14.2 Å². The molecular formula is C22H22N2O6. The molecule has 0 N–H and O–H groups in total. The second-order valence-electron chi connectivity index (χ2n) is 6.27. The molecule has 0 aliphatic carbocycles. The lowest BCUT2D eigenvalue weighted by Crippen LogP contribution is -2.00. The fourth-order valence-corrected chi connectivity index (χ4v) is 2.66. The van der Waals surface area contributed by atoms with Crippen LogP contribution in [0.2, 0.25) is 0 Å². The number of hydrogen-bond acceptors (Lipinski definition) is 8. The summed E-state index contributed by atoms with van der Waals surface area (Å²) < 4.78 is 26.7. The third-order valence-corrected chi connectivity index (χ3v) is 4.21. The van der Waals surface area contributed by atoms with Crippen molar-refractivity contribution in [2.45, 2.75) is 13.5 Å². The topological polar surface area (TPSA) is 92.9 Å². The molecule has 0 aliphatic rings. The van der Waals surface area contributed by atoms with Crippen LogP contribution in [0.4, 0.5) is 0 Å². The van der Waals surface area contributed by atoms with E-state index < -0.39 is 5.97 Å². The largest absolute Gasteiger partial charge is 0.493 e. The maximum atomic E-state index is 11.9. The predicted molar refractivity (Wildman–Crippen MR) is 109 cm³/mol. The molecule has 0 atom stereocenters. The summed E-state index contributed by atoms with van der Waals surface area (Å²) in [5.41, 5.74) is 2.63. The fourth-order valence-electron chi connectivity index (χ4n) is 2.66. The third-order valence-electron chi connectivity index (χ3n) is 4.21. The van der Waals surface area contributed by atoms with Crippen molar-refractivity contribution in [3.8, 4) is 28.7 Å². The first-order valence-electron chi connectivity index (χ1n) is 9.08. The number of hydrogen-bond donors (Lipinski definition) is 0. The monoisotopic (exact) mass is 410 g/mol. The molecule has 0 spiro atoms. The molecule has 156 valence electrons. The zero-order valence-corrected chi connectivity index (χ0v) is 17.2. The molecule has 3 rings (SSSR count). The van der Waals surface area contributed by atoms with Crippen molar-refractivity contribution in [1.29, 1.82) is 0 Å². The minimum atomic E-state index is -0.511. The Morgan fingerprint density at radius 3 is 2.27 bits per heavy atom. The third kappa shape index (κ3) is 4.96. The second-order valence-corrected chi connectivity index (χ2v) is 6.27. The summed E-state index contributed by atoms with van der Waals surface area (Å²) in [5, 5.41) is 7.91. The molecule has 3 aromatic rings. The first-order chi connectivity index (χ1) is 14.5. The average molecular weight is 410 g/mol. The number of benzene rings is 2. The summed E-state index contributed by atoms with van der Waals surface area (Å²) in [5.74, 6) is 1.26. The van der Waals surface area contributed by atoms with Gasteiger partial charge in [-0.15, -0.1) is 10.2 Å². The Kier molecular flexibility index (Phi) is 6.69. The van der Waals surface area contributed by atoms with Gasteiger partial charge in [0.25, 0.3) is 5.89 Å². The highest BCUT2D eigenvalue weighted by Crippen LogP contribution is 2.40. The van der Waals surface area contributed by atoms with Gasteiger partial charge in [-0.3, -0.25) is 0 Å². The molecule has 1 heterocycles. The van der Waals surface area contributed by atoms with Gasteiger partial charge in [-0.2, -0.15) is 0 Å². The van der Waals surface area contributed by atoms with Crippen molar-refractivity contribution >= 4 is 12.0 Å². The highest BCUT2D eigenvalue weighted by molar-refractivity contribution is 5.87. The molecule has 1 aromatic heterocycles. The van der Waals surface area contributed by atoms with Gasteiger partial charge in [-0.1, -0.05) is 29.8 Å². The van der Waals surface area contributed by atoms with Crippen molar-refractivity contribution in [1.82, 2.24) is 10.2 Å². The zero-order valence-electron chi connectivity index (χ0n) is 17.2. The van der Waals surface area contributed by atoms with E-state index >= 15 is 0 Å². The highest BCUT2D eigenvalue weighted by atomic mass is 16.5. The van der Waals surface area contributed by atoms with Crippen LogP contribution in [-0.2, 0) is 16.1 Å². The Morgan fingerprint density at radius 2 is 1.67 bits per heavy atom. The predicted octanol–water partition coefficient (Wildman–Crippen LogP) is 3.83. The van der Waals surface area contributed by atoms with Gasteiger partial charge in [0, 0.05) is 11.6 Å². The van der Waals surface area contributed by atoms with Gasteiger partial charge < -0.3 is 23.4 Å². The van der Waals surface area contributed by atoms with E-state index in [1.807, 2.05) is 31.2 Å². The van der Waals surface area contributed by atoms with Crippen LogP contribution in [-0.4, -0.2) is 37.5 Å². The van der Waals surface area contributed by atoms with E-state index in [9.17, 15) is 4.79 Å². The Morgan fingerprint density at radius 1 is 1.00 bits per heavy atom. The van der Waals surface area contributed by atoms with E-state index in [1.54, 1.807) is 18.2 Å². The Hall–Kier alpha value is -3.81. The summed E-state index contributed by atoms with van der Waals surface area (Å²) in [4.78, 5) is 11.9. The quantitative estimate of drug-likeness (QED) is 0.409. The van der Waals surface area contributed by atoms with E-state index in [1.165, 1.54) is 27.4 Å². The average Bonchev–Trinajstić information content (AvgIpc) is 3.25. The lowest BCUT2D eigenvalue weighted by Gasteiger charge is -2.12. The van der Waals surface area contributed by atoms with Crippen LogP contribution in [0.3, 0.4) is 0 Å². The Balaban J connectivity index is 1.66. The number of esters is 1. The van der Waals surface area contributed by atoms with Crippen LogP contribution in [0.1, 0.15) is 17.0 Å². The van der Waals surface area contributed by atoms with Gasteiger partial charge in [0.05, 0.1) is 21.3 Å². The molecule has 0 saturated carbocycles. The number of carbonyl (C=O) groups excluding carboxylic acids is 1. The van der Waals surface area contributed by atoms with Gasteiger partial charge in [-0.25, -0.2) is 4.79 Å². The van der Waals surface area contributed by atoms with Crippen molar-refractivity contribution in [3.63, 3.8) is 0 Å². The first-order valence-corrected chi connectivity index (χ1v) is 9.08. The van der Waals surface area contributed by atoms with Crippen LogP contribution in [0.15, 0.2) is 46.9 Å². The highest BCUT2D eigenvalue weighted by Gasteiger charge is 2.17. The smallest absolute Gasteiger partial charge is 0.331 e. The Labute approximate surface area is 174 Å². The van der Waals surface area contributed by atoms with E-state index in [-0.39, 0.29) is 18.4 Å². The van der Waals surface area contributed by atoms with E-state index in [0.29, 0.717) is 22.8 Å². The zero-order chi connectivity index (χ0) is 21.5. The number of aryl methyl sites for hydroxylation is 1. The summed E-state index contributed by atoms with van der Waals surface area (Å²) in [6.45, 7) is 1.85. The molecule has 0 fully saturated rings. The minimum absolute atomic E-state index is 0.144. The molecule has 0 unspecified atom stereocenters. The summed E-state index contributed by atoms with van der Waals surface area (Å²) in [6.07, 6.45) is 3.03. The normalized spacial score (nSPS) is 10.8. The number of methoxy groups -OCH3 is 3. The van der Waals surface area contributed by atoms with E-state index in [2.05, 4.69) is 10.2 Å². The number of aromatic nitrogens is 2. The number of nitrogens with zero attached hydrogens (tertiary/aromatic N) is 2. The molecule has 0 aliphatic heterocycles. The molecule has 30 heavy (non-hydrogen) atoms. The lowest BCUT2D eigenvalue weighted by atomic mass is 10.1. The maximum absolute atomic E-state index is 11.9. The van der Waals surface area contributed by atoms with Crippen LogP contribution in [0.5, 0.6) is 17.2 Å². The van der Waals surface area contributed by atoms with Crippen LogP contribution >= 0.6 is 0 Å². The summed E-state index contributed by atoms with van der Waals surface area (Å²) >= 11 is 0. The van der Waals surface area contributed by atoms with Gasteiger partial charge in [0.1, 0.15) is 0 Å².